The van der Waals surface area contributed by atoms with Gasteiger partial charge < -0.3 is 25.8 Å². The molecule has 1 saturated heterocycles. The molecule has 1 aliphatic heterocycles. The molecule has 108 valence electrons. The highest BCUT2D eigenvalue weighted by Gasteiger charge is 2.54. The molecule has 0 spiro atoms. The van der Waals surface area contributed by atoms with Gasteiger partial charge in [-0.1, -0.05) is 5.92 Å². The smallest absolute Gasteiger partial charge is 0.351 e. The molecule has 1 aliphatic rings. The zero-order valence-corrected chi connectivity index (χ0v) is 10.1. The lowest BCUT2D eigenvalue weighted by molar-refractivity contribution is -0.0938. The van der Waals surface area contributed by atoms with E-state index in [0.29, 0.717) is 10.8 Å². The fraction of sp³-hybridized carbons (Fsp3) is 0.455. The normalized spacial score (nSPS) is 33.0. The second-order valence-electron chi connectivity index (χ2n) is 4.30. The maximum Gasteiger partial charge on any atom is 0.351 e. The topological polar surface area (TPSA) is 131 Å². The van der Waals surface area contributed by atoms with Gasteiger partial charge >= 0.3 is 5.69 Å². The maximum absolute atomic E-state index is 13.4. The van der Waals surface area contributed by atoms with Crippen LogP contribution in [0.5, 0.6) is 0 Å². The Morgan fingerprint density at radius 3 is 2.80 bits per heavy atom. The fourth-order valence-electron chi connectivity index (χ4n) is 1.94. The van der Waals surface area contributed by atoms with Crippen molar-refractivity contribution < 1.29 is 24.4 Å². The minimum atomic E-state index is -1.89. The molecule has 1 aromatic rings. The van der Waals surface area contributed by atoms with Gasteiger partial charge in [0, 0.05) is 0 Å². The first-order chi connectivity index (χ1) is 9.36. The first-order valence-corrected chi connectivity index (χ1v) is 5.53. The van der Waals surface area contributed by atoms with Gasteiger partial charge in [0.25, 0.3) is 0 Å². The van der Waals surface area contributed by atoms with E-state index in [0.717, 1.165) is 0 Å². The minimum absolute atomic E-state index is 0.605. The number of rotatable bonds is 2. The van der Waals surface area contributed by atoms with Crippen molar-refractivity contribution in [3.8, 4) is 12.3 Å². The van der Waals surface area contributed by atoms with Crippen LogP contribution in [0.25, 0.3) is 0 Å². The standard InChI is InChI=1S/C11H12FN3O5/c1-2-11(4-16)7(18)6(17)9(20-11)15-3-5(12)8(13)14-10(15)19/h1,3,6-7,9,16-18H,4H2,(H2,13,14,19)/t6?,7?,9-,11-/m1/s1. The van der Waals surface area contributed by atoms with Crippen molar-refractivity contribution in [3.05, 3.63) is 22.5 Å². The third-order valence-corrected chi connectivity index (χ3v) is 3.11. The van der Waals surface area contributed by atoms with Gasteiger partial charge in [-0.3, -0.25) is 4.57 Å². The van der Waals surface area contributed by atoms with Gasteiger partial charge in [-0.25, -0.2) is 9.18 Å². The molecule has 0 aliphatic carbocycles. The molecular formula is C11H12FN3O5. The lowest BCUT2D eigenvalue weighted by atomic mass is 9.97. The molecule has 0 bridgehead atoms. The third-order valence-electron chi connectivity index (χ3n) is 3.11. The Hall–Kier alpha value is -1.99. The fourth-order valence-corrected chi connectivity index (χ4v) is 1.94. The summed E-state index contributed by atoms with van der Waals surface area (Å²) in [6, 6.07) is 0. The highest BCUT2D eigenvalue weighted by atomic mass is 19.1. The average molecular weight is 285 g/mol. The predicted octanol–water partition coefficient (Wildman–Crippen LogP) is -2.42. The van der Waals surface area contributed by atoms with Crippen LogP contribution in [0.15, 0.2) is 11.0 Å². The van der Waals surface area contributed by atoms with Crippen LogP contribution in [0.4, 0.5) is 10.2 Å². The van der Waals surface area contributed by atoms with Crippen molar-refractivity contribution in [1.82, 2.24) is 9.55 Å². The molecule has 0 radical (unpaired) electrons. The molecule has 2 heterocycles. The monoisotopic (exact) mass is 285 g/mol. The van der Waals surface area contributed by atoms with Crippen LogP contribution in [0.2, 0.25) is 0 Å². The quantitative estimate of drug-likeness (QED) is 0.445. The second kappa shape index (κ2) is 4.84. The van der Waals surface area contributed by atoms with Gasteiger partial charge in [0.15, 0.2) is 23.5 Å². The Kier molecular flexibility index (Phi) is 3.49. The zero-order chi connectivity index (χ0) is 15.1. The number of anilines is 1. The van der Waals surface area contributed by atoms with Crippen molar-refractivity contribution in [1.29, 1.82) is 0 Å². The van der Waals surface area contributed by atoms with Crippen molar-refractivity contribution >= 4 is 5.82 Å². The number of nitrogen functional groups attached to an aromatic ring is 1. The number of ether oxygens (including phenoxy) is 1. The third kappa shape index (κ3) is 1.95. The van der Waals surface area contributed by atoms with Crippen LogP contribution < -0.4 is 11.4 Å². The van der Waals surface area contributed by atoms with Crippen molar-refractivity contribution in [2.45, 2.75) is 24.0 Å². The number of nitrogens with zero attached hydrogens (tertiary/aromatic N) is 2. The van der Waals surface area contributed by atoms with Crippen LogP contribution in [0.3, 0.4) is 0 Å². The van der Waals surface area contributed by atoms with E-state index in [2.05, 4.69) is 4.98 Å². The lowest BCUT2D eigenvalue weighted by Gasteiger charge is -2.23. The molecule has 9 heteroatoms. The Balaban J connectivity index is 2.48. The first-order valence-electron chi connectivity index (χ1n) is 5.53. The molecule has 20 heavy (non-hydrogen) atoms. The molecule has 1 fully saturated rings. The van der Waals surface area contributed by atoms with Crippen LogP contribution in [0, 0.1) is 18.2 Å². The average Bonchev–Trinajstić information content (AvgIpc) is 2.68. The van der Waals surface area contributed by atoms with Gasteiger partial charge in [-0.15, -0.1) is 6.42 Å². The molecular weight excluding hydrogens is 273 g/mol. The van der Waals surface area contributed by atoms with E-state index in [9.17, 15) is 24.5 Å². The molecule has 0 amide bonds. The zero-order valence-electron chi connectivity index (χ0n) is 10.1. The van der Waals surface area contributed by atoms with E-state index >= 15 is 0 Å². The van der Waals surface area contributed by atoms with Gasteiger partial charge in [0.1, 0.15) is 12.2 Å². The molecule has 4 atom stereocenters. The van der Waals surface area contributed by atoms with Gasteiger partial charge in [0.2, 0.25) is 0 Å². The van der Waals surface area contributed by atoms with Gasteiger partial charge in [-0.2, -0.15) is 4.98 Å². The van der Waals surface area contributed by atoms with Crippen LogP contribution >= 0.6 is 0 Å². The number of aliphatic hydroxyl groups excluding tert-OH is 3. The number of nitrogens with two attached hydrogens (primary N) is 1. The Bertz CT molecular complexity index is 627. The summed E-state index contributed by atoms with van der Waals surface area (Å²) in [6.45, 7) is -0.794. The Morgan fingerprint density at radius 1 is 1.65 bits per heavy atom. The van der Waals surface area contributed by atoms with E-state index in [-0.39, 0.29) is 0 Å². The van der Waals surface area contributed by atoms with Crippen LogP contribution in [-0.2, 0) is 4.74 Å². The number of aliphatic hydroxyl groups is 3. The summed E-state index contributed by atoms with van der Waals surface area (Å²) >= 11 is 0. The molecule has 2 rings (SSSR count). The summed E-state index contributed by atoms with van der Waals surface area (Å²) in [4.78, 5) is 14.8. The van der Waals surface area contributed by atoms with E-state index in [1.165, 1.54) is 0 Å². The largest absolute Gasteiger partial charge is 0.392 e. The summed E-state index contributed by atoms with van der Waals surface area (Å²) in [5.74, 6) is 0.407. The number of aromatic nitrogens is 2. The minimum Gasteiger partial charge on any atom is -0.392 e. The van der Waals surface area contributed by atoms with Crippen molar-refractivity contribution in [2.75, 3.05) is 12.3 Å². The van der Waals surface area contributed by atoms with Gasteiger partial charge in [-0.05, 0) is 0 Å². The van der Waals surface area contributed by atoms with Gasteiger partial charge in [0.05, 0.1) is 12.8 Å². The van der Waals surface area contributed by atoms with E-state index in [4.69, 9.17) is 16.9 Å². The highest BCUT2D eigenvalue weighted by molar-refractivity contribution is 5.27. The summed E-state index contributed by atoms with van der Waals surface area (Å²) in [5.41, 5.74) is 2.25. The summed E-state index contributed by atoms with van der Waals surface area (Å²) in [5, 5.41) is 28.9. The number of hydrogen-bond donors (Lipinski definition) is 4. The molecule has 1 aromatic heterocycles. The molecule has 5 N–H and O–H groups in total. The van der Waals surface area contributed by atoms with E-state index < -0.39 is 48.0 Å². The molecule has 8 nitrogen and oxygen atoms in total. The predicted molar refractivity (Wildman–Crippen MR) is 63.7 cm³/mol. The molecule has 0 saturated carbocycles. The van der Waals surface area contributed by atoms with Crippen molar-refractivity contribution in [3.63, 3.8) is 0 Å². The van der Waals surface area contributed by atoms with E-state index in [1.807, 2.05) is 5.92 Å². The summed E-state index contributed by atoms with van der Waals surface area (Å²) < 4.78 is 19.1. The summed E-state index contributed by atoms with van der Waals surface area (Å²) in [7, 11) is 0. The number of halogens is 1. The lowest BCUT2D eigenvalue weighted by Crippen LogP contribution is -2.45. The molecule has 0 aromatic carbocycles. The number of hydrogen-bond acceptors (Lipinski definition) is 7. The van der Waals surface area contributed by atoms with E-state index in [1.54, 1.807) is 0 Å². The second-order valence-corrected chi connectivity index (χ2v) is 4.30. The Morgan fingerprint density at radius 2 is 2.30 bits per heavy atom. The Labute approximate surface area is 112 Å². The summed E-state index contributed by atoms with van der Waals surface area (Å²) in [6.07, 6.45) is 1.03. The van der Waals surface area contributed by atoms with Crippen LogP contribution in [-0.4, -0.2) is 49.3 Å². The first kappa shape index (κ1) is 14.4. The van der Waals surface area contributed by atoms with Crippen molar-refractivity contribution in [2.24, 2.45) is 0 Å². The van der Waals surface area contributed by atoms with Crippen LogP contribution in [0.1, 0.15) is 6.23 Å². The SMILES string of the molecule is C#C[C@]1(CO)O[C@@H](n2cc(F)c(N)nc2=O)C(O)C1O. The molecule has 2 unspecified atom stereocenters. The number of terminal acetylenes is 1. The maximum atomic E-state index is 13.4. The highest BCUT2D eigenvalue weighted by Crippen LogP contribution is 2.36.